The van der Waals surface area contributed by atoms with E-state index in [2.05, 4.69) is 39.7 Å². The molecular formula is C11H12IN3O. The van der Waals surface area contributed by atoms with E-state index in [0.717, 1.165) is 3.57 Å². The van der Waals surface area contributed by atoms with Crippen molar-refractivity contribution in [1.82, 2.24) is 9.55 Å². The Balaban J connectivity index is 2.40. The molecule has 0 spiro atoms. The molecule has 0 saturated heterocycles. The molecule has 1 aliphatic rings. The number of halogens is 1. The van der Waals surface area contributed by atoms with E-state index in [-0.39, 0.29) is 17.6 Å². The SMILES string of the molecule is CC(C1C=CC=C1)n1cc(I)c(N)nc1=O. The fourth-order valence-corrected chi connectivity index (χ4v) is 2.13. The van der Waals surface area contributed by atoms with Crippen LogP contribution in [0.1, 0.15) is 13.0 Å². The predicted molar refractivity (Wildman–Crippen MR) is 72.1 cm³/mol. The normalized spacial score (nSPS) is 16.9. The van der Waals surface area contributed by atoms with E-state index in [0.29, 0.717) is 5.82 Å². The topological polar surface area (TPSA) is 60.9 Å². The molecular weight excluding hydrogens is 317 g/mol. The molecule has 84 valence electrons. The van der Waals surface area contributed by atoms with Crippen LogP contribution < -0.4 is 11.4 Å². The number of hydrogen-bond donors (Lipinski definition) is 1. The maximum Gasteiger partial charge on any atom is 0.349 e. The second-order valence-corrected chi connectivity index (χ2v) is 4.91. The first-order valence-corrected chi connectivity index (χ1v) is 6.06. The summed E-state index contributed by atoms with van der Waals surface area (Å²) in [7, 11) is 0. The predicted octanol–water partition coefficient (Wildman–Crippen LogP) is 1.73. The largest absolute Gasteiger partial charge is 0.383 e. The Morgan fingerprint density at radius 3 is 2.75 bits per heavy atom. The zero-order valence-corrected chi connectivity index (χ0v) is 11.0. The summed E-state index contributed by atoms with van der Waals surface area (Å²) in [4.78, 5) is 15.5. The summed E-state index contributed by atoms with van der Waals surface area (Å²) in [5.41, 5.74) is 5.29. The summed E-state index contributed by atoms with van der Waals surface area (Å²) < 4.78 is 2.43. The van der Waals surface area contributed by atoms with Crippen molar-refractivity contribution in [2.24, 2.45) is 5.92 Å². The molecule has 0 saturated carbocycles. The average Bonchev–Trinajstić information content (AvgIpc) is 2.75. The summed E-state index contributed by atoms with van der Waals surface area (Å²) in [5.74, 6) is 0.547. The van der Waals surface area contributed by atoms with Crippen LogP contribution >= 0.6 is 22.6 Å². The second kappa shape index (κ2) is 4.40. The van der Waals surface area contributed by atoms with E-state index >= 15 is 0 Å². The molecule has 0 radical (unpaired) electrons. The molecule has 2 N–H and O–H groups in total. The Bertz CT molecular complexity index is 506. The van der Waals surface area contributed by atoms with Crippen molar-refractivity contribution in [1.29, 1.82) is 0 Å². The molecule has 5 heteroatoms. The molecule has 1 aromatic rings. The van der Waals surface area contributed by atoms with Crippen LogP contribution in [0.2, 0.25) is 0 Å². The maximum absolute atomic E-state index is 11.7. The minimum atomic E-state index is -0.292. The second-order valence-electron chi connectivity index (χ2n) is 3.75. The van der Waals surface area contributed by atoms with E-state index in [9.17, 15) is 4.79 Å². The average molecular weight is 329 g/mol. The molecule has 2 rings (SSSR count). The summed E-state index contributed by atoms with van der Waals surface area (Å²) in [5, 5.41) is 0. The van der Waals surface area contributed by atoms with Gasteiger partial charge in [0.05, 0.1) is 3.57 Å². The minimum absolute atomic E-state index is 0.0594. The van der Waals surface area contributed by atoms with Crippen molar-refractivity contribution in [2.45, 2.75) is 13.0 Å². The third-order valence-corrected chi connectivity index (χ3v) is 3.54. The Hall–Kier alpha value is -1.11. The van der Waals surface area contributed by atoms with Crippen LogP contribution in [0.5, 0.6) is 0 Å². The summed E-state index contributed by atoms with van der Waals surface area (Å²) >= 11 is 2.08. The first-order valence-electron chi connectivity index (χ1n) is 4.99. The third-order valence-electron chi connectivity index (χ3n) is 2.71. The molecule has 4 nitrogen and oxygen atoms in total. The van der Waals surface area contributed by atoms with Gasteiger partial charge in [0.15, 0.2) is 0 Å². The van der Waals surface area contributed by atoms with E-state index in [1.165, 1.54) is 0 Å². The lowest BCUT2D eigenvalue weighted by Crippen LogP contribution is -2.29. The van der Waals surface area contributed by atoms with Gasteiger partial charge in [-0.05, 0) is 29.5 Å². The lowest BCUT2D eigenvalue weighted by molar-refractivity contribution is 0.457. The number of anilines is 1. The molecule has 1 aromatic heterocycles. The molecule has 0 bridgehead atoms. The highest BCUT2D eigenvalue weighted by atomic mass is 127. The third kappa shape index (κ3) is 2.04. The summed E-state index contributed by atoms with van der Waals surface area (Å²) in [6, 6.07) is 0.0594. The fraction of sp³-hybridized carbons (Fsp3) is 0.273. The van der Waals surface area contributed by atoms with Crippen LogP contribution in [0, 0.1) is 9.49 Å². The van der Waals surface area contributed by atoms with Gasteiger partial charge in [0.1, 0.15) is 5.82 Å². The van der Waals surface area contributed by atoms with Gasteiger partial charge in [0.25, 0.3) is 0 Å². The highest BCUT2D eigenvalue weighted by Gasteiger charge is 2.17. The number of hydrogen-bond acceptors (Lipinski definition) is 3. The van der Waals surface area contributed by atoms with Crippen LogP contribution in [-0.2, 0) is 0 Å². The van der Waals surface area contributed by atoms with Crippen LogP contribution in [0.3, 0.4) is 0 Å². The van der Waals surface area contributed by atoms with E-state index < -0.39 is 0 Å². The first kappa shape index (κ1) is 11.4. The highest BCUT2D eigenvalue weighted by Crippen LogP contribution is 2.23. The van der Waals surface area contributed by atoms with Gasteiger partial charge in [-0.1, -0.05) is 24.3 Å². The van der Waals surface area contributed by atoms with Crippen LogP contribution in [0.25, 0.3) is 0 Å². The quantitative estimate of drug-likeness (QED) is 0.841. The zero-order valence-electron chi connectivity index (χ0n) is 8.80. The molecule has 0 fully saturated rings. The minimum Gasteiger partial charge on any atom is -0.383 e. The number of allylic oxidation sites excluding steroid dienone is 4. The van der Waals surface area contributed by atoms with E-state index in [1.54, 1.807) is 10.8 Å². The van der Waals surface area contributed by atoms with Gasteiger partial charge in [-0.25, -0.2) is 4.79 Å². The van der Waals surface area contributed by atoms with Crippen LogP contribution in [0.15, 0.2) is 35.3 Å². The lowest BCUT2D eigenvalue weighted by atomic mass is 10.0. The molecule has 1 atom stereocenters. The van der Waals surface area contributed by atoms with Crippen molar-refractivity contribution < 1.29 is 0 Å². The van der Waals surface area contributed by atoms with Gasteiger partial charge >= 0.3 is 5.69 Å². The standard InChI is InChI=1S/C11H12IN3O/c1-7(8-4-2-3-5-8)15-6-9(12)10(13)14-11(15)16/h2-8H,1H3,(H2,13,14,16). The Morgan fingerprint density at radius 1 is 1.50 bits per heavy atom. The highest BCUT2D eigenvalue weighted by molar-refractivity contribution is 14.1. The van der Waals surface area contributed by atoms with Gasteiger partial charge in [-0.3, -0.25) is 4.57 Å². The van der Waals surface area contributed by atoms with Gasteiger partial charge in [-0.2, -0.15) is 4.98 Å². The van der Waals surface area contributed by atoms with Crippen molar-refractivity contribution in [3.63, 3.8) is 0 Å². The maximum atomic E-state index is 11.7. The van der Waals surface area contributed by atoms with Crippen molar-refractivity contribution >= 4 is 28.4 Å². The molecule has 0 aliphatic heterocycles. The zero-order chi connectivity index (χ0) is 11.7. The summed E-state index contributed by atoms with van der Waals surface area (Å²) in [6.45, 7) is 2.00. The van der Waals surface area contributed by atoms with Crippen LogP contribution in [0.4, 0.5) is 5.82 Å². The van der Waals surface area contributed by atoms with E-state index in [1.807, 2.05) is 19.1 Å². The lowest BCUT2D eigenvalue weighted by Gasteiger charge is -2.19. The molecule has 1 heterocycles. The van der Waals surface area contributed by atoms with Crippen molar-refractivity contribution in [3.8, 4) is 0 Å². The van der Waals surface area contributed by atoms with Gasteiger partial charge < -0.3 is 5.73 Å². The Morgan fingerprint density at radius 2 is 2.12 bits per heavy atom. The monoisotopic (exact) mass is 329 g/mol. The molecule has 0 aromatic carbocycles. The first-order chi connectivity index (χ1) is 7.59. The number of aromatic nitrogens is 2. The molecule has 16 heavy (non-hydrogen) atoms. The molecule has 1 aliphatic carbocycles. The number of nitrogen functional groups attached to an aromatic ring is 1. The molecule has 1 unspecified atom stereocenters. The number of rotatable bonds is 2. The Labute approximate surface area is 107 Å². The van der Waals surface area contributed by atoms with Crippen molar-refractivity contribution in [3.05, 3.63) is 44.6 Å². The van der Waals surface area contributed by atoms with Crippen molar-refractivity contribution in [2.75, 3.05) is 5.73 Å². The fourth-order valence-electron chi connectivity index (χ4n) is 1.71. The van der Waals surface area contributed by atoms with E-state index in [4.69, 9.17) is 5.73 Å². The smallest absolute Gasteiger partial charge is 0.349 e. The summed E-state index contributed by atoms with van der Waals surface area (Å²) in [6.07, 6.45) is 9.88. The number of nitrogens with two attached hydrogens (primary N) is 1. The van der Waals surface area contributed by atoms with Crippen LogP contribution in [-0.4, -0.2) is 9.55 Å². The van der Waals surface area contributed by atoms with Gasteiger partial charge in [0.2, 0.25) is 0 Å². The number of nitrogens with zero attached hydrogens (tertiary/aromatic N) is 2. The van der Waals surface area contributed by atoms with Gasteiger partial charge in [-0.15, -0.1) is 0 Å². The van der Waals surface area contributed by atoms with Gasteiger partial charge in [0, 0.05) is 18.2 Å². The Kier molecular flexibility index (Phi) is 3.13. The molecule has 0 amide bonds.